The molecule has 4 heterocycles. The first kappa shape index (κ1) is 16.6. The molecule has 3 aromatic heterocycles. The minimum absolute atomic E-state index is 0.181. The van der Waals surface area contributed by atoms with Gasteiger partial charge in [-0.3, -0.25) is 9.89 Å². The van der Waals surface area contributed by atoms with Gasteiger partial charge in [-0.1, -0.05) is 5.16 Å². The standard InChI is InChI=1S/C18H21N5O3/c24-17(23-10-2-4-13(12-23)14-8-9-19-21-14)7-1-6-16-20-18(22-26-16)15-5-3-11-25-15/h3,5,8-9,11,13H,1-2,4,6-7,10,12H2,(H,19,21). The van der Waals surface area contributed by atoms with Gasteiger partial charge in [-0.15, -0.1) is 0 Å². The predicted octanol–water partition coefficient (Wildman–Crippen LogP) is 2.78. The maximum absolute atomic E-state index is 12.5. The first-order valence-electron chi connectivity index (χ1n) is 8.93. The molecule has 26 heavy (non-hydrogen) atoms. The van der Waals surface area contributed by atoms with E-state index < -0.39 is 0 Å². The second kappa shape index (κ2) is 7.55. The molecule has 1 aliphatic rings. The van der Waals surface area contributed by atoms with Crippen LogP contribution in [-0.2, 0) is 11.2 Å². The van der Waals surface area contributed by atoms with Gasteiger partial charge < -0.3 is 13.8 Å². The van der Waals surface area contributed by atoms with Gasteiger partial charge in [-0.05, 0) is 37.5 Å². The van der Waals surface area contributed by atoms with Gasteiger partial charge in [-0.25, -0.2) is 0 Å². The summed E-state index contributed by atoms with van der Waals surface area (Å²) < 4.78 is 10.5. The molecular formula is C18H21N5O3. The van der Waals surface area contributed by atoms with Crippen molar-refractivity contribution in [3.05, 3.63) is 42.2 Å². The molecule has 1 unspecified atom stereocenters. The van der Waals surface area contributed by atoms with Crippen molar-refractivity contribution >= 4 is 5.91 Å². The van der Waals surface area contributed by atoms with Crippen LogP contribution in [0.5, 0.6) is 0 Å². The van der Waals surface area contributed by atoms with Crippen molar-refractivity contribution in [2.75, 3.05) is 13.1 Å². The summed E-state index contributed by atoms with van der Waals surface area (Å²) in [5.41, 5.74) is 1.11. The van der Waals surface area contributed by atoms with E-state index in [2.05, 4.69) is 20.3 Å². The van der Waals surface area contributed by atoms with Crippen molar-refractivity contribution < 1.29 is 13.7 Å². The highest BCUT2D eigenvalue weighted by Crippen LogP contribution is 2.25. The summed E-state index contributed by atoms with van der Waals surface area (Å²) in [5.74, 6) is 2.07. The summed E-state index contributed by atoms with van der Waals surface area (Å²) >= 11 is 0. The van der Waals surface area contributed by atoms with Gasteiger partial charge in [-0.2, -0.15) is 10.1 Å². The van der Waals surface area contributed by atoms with E-state index >= 15 is 0 Å². The lowest BCUT2D eigenvalue weighted by Crippen LogP contribution is -2.39. The van der Waals surface area contributed by atoms with Crippen LogP contribution in [0.25, 0.3) is 11.6 Å². The maximum atomic E-state index is 12.5. The zero-order valence-corrected chi connectivity index (χ0v) is 14.4. The molecule has 1 fully saturated rings. The normalized spacial score (nSPS) is 17.5. The molecule has 1 atom stereocenters. The lowest BCUT2D eigenvalue weighted by Gasteiger charge is -2.32. The van der Waals surface area contributed by atoms with E-state index in [0.29, 0.717) is 42.7 Å². The molecule has 0 bridgehead atoms. The van der Waals surface area contributed by atoms with Crippen molar-refractivity contribution in [3.63, 3.8) is 0 Å². The highest BCUT2D eigenvalue weighted by atomic mass is 16.5. The zero-order valence-electron chi connectivity index (χ0n) is 14.4. The summed E-state index contributed by atoms with van der Waals surface area (Å²) in [6.45, 7) is 1.58. The molecule has 0 saturated carbocycles. The van der Waals surface area contributed by atoms with Crippen molar-refractivity contribution in [2.24, 2.45) is 0 Å². The van der Waals surface area contributed by atoms with Crippen LogP contribution < -0.4 is 0 Å². The van der Waals surface area contributed by atoms with E-state index in [9.17, 15) is 4.79 Å². The summed E-state index contributed by atoms with van der Waals surface area (Å²) in [5, 5.41) is 10.9. The fourth-order valence-electron chi connectivity index (χ4n) is 3.36. The van der Waals surface area contributed by atoms with Crippen LogP contribution in [0.3, 0.4) is 0 Å². The number of nitrogens with one attached hydrogen (secondary N) is 1. The number of H-pyrrole nitrogens is 1. The Morgan fingerprint density at radius 3 is 3.15 bits per heavy atom. The fourth-order valence-corrected chi connectivity index (χ4v) is 3.36. The predicted molar refractivity (Wildman–Crippen MR) is 92.1 cm³/mol. The smallest absolute Gasteiger partial charge is 0.238 e. The number of likely N-dealkylation sites (tertiary alicyclic amines) is 1. The third kappa shape index (κ3) is 3.68. The van der Waals surface area contributed by atoms with E-state index in [1.54, 1.807) is 24.6 Å². The van der Waals surface area contributed by atoms with Crippen molar-refractivity contribution in [1.29, 1.82) is 0 Å². The van der Waals surface area contributed by atoms with Gasteiger partial charge in [0.2, 0.25) is 17.6 Å². The Kier molecular flexibility index (Phi) is 4.81. The number of hydrogen-bond donors (Lipinski definition) is 1. The largest absolute Gasteiger partial charge is 0.461 e. The number of aromatic amines is 1. The third-order valence-corrected chi connectivity index (χ3v) is 4.73. The van der Waals surface area contributed by atoms with Gasteiger partial charge in [0.05, 0.1) is 6.26 Å². The van der Waals surface area contributed by atoms with E-state index in [0.717, 1.165) is 31.6 Å². The van der Waals surface area contributed by atoms with Gasteiger partial charge in [0.15, 0.2) is 5.76 Å². The van der Waals surface area contributed by atoms with Crippen molar-refractivity contribution in [2.45, 2.75) is 38.0 Å². The molecular weight excluding hydrogens is 334 g/mol. The molecule has 0 aromatic carbocycles. The quantitative estimate of drug-likeness (QED) is 0.729. The maximum Gasteiger partial charge on any atom is 0.238 e. The Bertz CT molecular complexity index is 825. The molecule has 0 radical (unpaired) electrons. The molecule has 4 rings (SSSR count). The number of hydrogen-bond acceptors (Lipinski definition) is 6. The number of nitrogens with zero attached hydrogens (tertiary/aromatic N) is 4. The highest BCUT2D eigenvalue weighted by molar-refractivity contribution is 5.76. The first-order valence-corrected chi connectivity index (χ1v) is 8.93. The van der Waals surface area contributed by atoms with Crippen LogP contribution in [-0.4, -0.2) is 44.2 Å². The Hall–Kier alpha value is -2.90. The Labute approximate surface area is 150 Å². The molecule has 1 saturated heterocycles. The molecule has 8 heteroatoms. The number of amides is 1. The molecule has 136 valence electrons. The highest BCUT2D eigenvalue weighted by Gasteiger charge is 2.25. The molecule has 1 aliphatic heterocycles. The molecule has 3 aromatic rings. The zero-order chi connectivity index (χ0) is 17.8. The average molecular weight is 355 g/mol. The Morgan fingerprint density at radius 2 is 2.35 bits per heavy atom. The lowest BCUT2D eigenvalue weighted by atomic mass is 9.94. The third-order valence-electron chi connectivity index (χ3n) is 4.73. The lowest BCUT2D eigenvalue weighted by molar-refractivity contribution is -0.132. The van der Waals surface area contributed by atoms with Crippen LogP contribution in [0.2, 0.25) is 0 Å². The monoisotopic (exact) mass is 355 g/mol. The number of piperidine rings is 1. The van der Waals surface area contributed by atoms with Gasteiger partial charge in [0.25, 0.3) is 0 Å². The molecule has 0 aliphatic carbocycles. The number of aromatic nitrogens is 4. The number of rotatable bonds is 6. The van der Waals surface area contributed by atoms with Crippen LogP contribution in [0.15, 0.2) is 39.6 Å². The molecule has 8 nitrogen and oxygen atoms in total. The Morgan fingerprint density at radius 1 is 1.38 bits per heavy atom. The van der Waals surface area contributed by atoms with Gasteiger partial charge >= 0.3 is 0 Å². The second-order valence-electron chi connectivity index (χ2n) is 6.53. The average Bonchev–Trinajstić information content (AvgIpc) is 3.43. The van der Waals surface area contributed by atoms with Crippen LogP contribution in [0, 0.1) is 0 Å². The first-order chi connectivity index (χ1) is 12.8. The topological polar surface area (TPSA) is 101 Å². The number of furan rings is 1. The van der Waals surface area contributed by atoms with Gasteiger partial charge in [0.1, 0.15) is 0 Å². The molecule has 0 spiro atoms. The van der Waals surface area contributed by atoms with Crippen LogP contribution >= 0.6 is 0 Å². The summed E-state index contributed by atoms with van der Waals surface area (Å²) in [6, 6.07) is 5.55. The van der Waals surface area contributed by atoms with Crippen molar-refractivity contribution in [3.8, 4) is 11.6 Å². The summed E-state index contributed by atoms with van der Waals surface area (Å²) in [4.78, 5) is 18.8. The van der Waals surface area contributed by atoms with E-state index in [-0.39, 0.29) is 5.91 Å². The minimum Gasteiger partial charge on any atom is -0.461 e. The number of carbonyl (C=O) groups is 1. The van der Waals surface area contributed by atoms with Gasteiger partial charge in [0, 0.05) is 43.7 Å². The summed E-state index contributed by atoms with van der Waals surface area (Å²) in [7, 11) is 0. The second-order valence-corrected chi connectivity index (χ2v) is 6.53. The number of aryl methyl sites for hydroxylation is 1. The SMILES string of the molecule is O=C(CCCc1nc(-c2ccco2)no1)N1CCCC(c2ccn[nH]2)C1. The molecule has 1 amide bonds. The molecule has 1 N–H and O–H groups in total. The minimum atomic E-state index is 0.181. The van der Waals surface area contributed by atoms with Crippen LogP contribution in [0.4, 0.5) is 0 Å². The summed E-state index contributed by atoms with van der Waals surface area (Å²) in [6.07, 6.45) is 7.18. The fraction of sp³-hybridized carbons (Fsp3) is 0.444. The van der Waals surface area contributed by atoms with E-state index in [1.165, 1.54) is 0 Å². The van der Waals surface area contributed by atoms with E-state index in [1.807, 2.05) is 11.0 Å². The van der Waals surface area contributed by atoms with E-state index in [4.69, 9.17) is 8.94 Å². The van der Waals surface area contributed by atoms with Crippen LogP contribution in [0.1, 0.15) is 43.2 Å². The van der Waals surface area contributed by atoms with Crippen molar-refractivity contribution in [1.82, 2.24) is 25.2 Å². The Balaban J connectivity index is 1.26. The number of carbonyl (C=O) groups excluding carboxylic acids is 1.